The number of rotatable bonds is 2. The largest absolute Gasteiger partial charge is 0.393 e. The van der Waals surface area contributed by atoms with E-state index in [4.69, 9.17) is 0 Å². The molecular weight excluding hydrogens is 205 g/mol. The molecule has 0 aromatic carbocycles. The highest BCUT2D eigenvalue weighted by molar-refractivity contribution is 5.11. The van der Waals surface area contributed by atoms with Gasteiger partial charge >= 0.3 is 0 Å². The topological polar surface area (TPSA) is 33.1 Å². The Bertz CT molecular complexity index is 342. The van der Waals surface area contributed by atoms with Crippen LogP contribution in [-0.4, -0.2) is 16.2 Å². The van der Waals surface area contributed by atoms with Gasteiger partial charge in [-0.05, 0) is 36.8 Å². The minimum absolute atomic E-state index is 0.231. The van der Waals surface area contributed by atoms with Gasteiger partial charge in [-0.1, -0.05) is 19.3 Å². The third kappa shape index (κ3) is 3.01. The summed E-state index contributed by atoms with van der Waals surface area (Å²) in [6.07, 6.45) is 8.83. The van der Waals surface area contributed by atoms with Gasteiger partial charge in [0.25, 0.3) is 0 Å². The van der Waals surface area contributed by atoms with Gasteiger partial charge in [-0.3, -0.25) is 4.98 Å². The van der Waals surface area contributed by atoms with E-state index in [0.29, 0.717) is 0 Å². The zero-order valence-corrected chi connectivity index (χ0v) is 9.40. The van der Waals surface area contributed by atoms with Crippen LogP contribution in [0.15, 0.2) is 18.5 Å². The normalized spacial score (nSPS) is 26.4. The Balaban J connectivity index is 2.02. The summed E-state index contributed by atoms with van der Waals surface area (Å²) in [5, 5.41) is 9.97. The number of hydrogen-bond acceptors (Lipinski definition) is 2. The monoisotopic (exact) mass is 223 g/mol. The molecule has 2 rings (SSSR count). The first kappa shape index (κ1) is 11.5. The molecule has 0 saturated heterocycles. The van der Waals surface area contributed by atoms with E-state index in [1.165, 1.54) is 25.1 Å². The van der Waals surface area contributed by atoms with Gasteiger partial charge in [0.2, 0.25) is 0 Å². The Morgan fingerprint density at radius 2 is 2.06 bits per heavy atom. The molecule has 0 radical (unpaired) electrons. The van der Waals surface area contributed by atoms with Gasteiger partial charge < -0.3 is 5.11 Å². The Kier molecular flexibility index (Phi) is 3.88. The molecule has 0 amide bonds. The van der Waals surface area contributed by atoms with Crippen LogP contribution in [0.3, 0.4) is 0 Å². The van der Waals surface area contributed by atoms with Gasteiger partial charge in [0.1, 0.15) is 5.82 Å². The Morgan fingerprint density at radius 3 is 2.88 bits per heavy atom. The molecule has 0 spiro atoms. The fourth-order valence-corrected chi connectivity index (χ4v) is 2.47. The predicted molar refractivity (Wildman–Crippen MR) is 60.5 cm³/mol. The summed E-state index contributed by atoms with van der Waals surface area (Å²) in [6.45, 7) is 0. The summed E-state index contributed by atoms with van der Waals surface area (Å²) in [4.78, 5) is 3.84. The molecule has 0 bridgehead atoms. The Labute approximate surface area is 95.5 Å². The van der Waals surface area contributed by atoms with E-state index in [2.05, 4.69) is 4.98 Å². The van der Waals surface area contributed by atoms with Crippen molar-refractivity contribution in [1.82, 2.24) is 4.98 Å². The van der Waals surface area contributed by atoms with Crippen molar-refractivity contribution >= 4 is 0 Å². The number of nitrogens with zero attached hydrogens (tertiary/aromatic N) is 1. The van der Waals surface area contributed by atoms with E-state index < -0.39 is 0 Å². The van der Waals surface area contributed by atoms with Crippen molar-refractivity contribution < 1.29 is 9.50 Å². The summed E-state index contributed by atoms with van der Waals surface area (Å²) in [5.74, 6) is -0.0216. The SMILES string of the molecule is OC1CCCCCC1Cc1cncc(F)c1. The van der Waals surface area contributed by atoms with Crippen LogP contribution in [0.5, 0.6) is 0 Å². The average molecular weight is 223 g/mol. The van der Waals surface area contributed by atoms with Gasteiger partial charge in [0.05, 0.1) is 12.3 Å². The minimum Gasteiger partial charge on any atom is -0.393 e. The van der Waals surface area contributed by atoms with Crippen molar-refractivity contribution in [2.75, 3.05) is 0 Å². The smallest absolute Gasteiger partial charge is 0.141 e. The molecule has 1 N–H and O–H groups in total. The first-order valence-corrected chi connectivity index (χ1v) is 6.03. The number of aliphatic hydroxyl groups is 1. The fraction of sp³-hybridized carbons (Fsp3) is 0.615. The van der Waals surface area contributed by atoms with Crippen molar-refractivity contribution in [2.24, 2.45) is 5.92 Å². The van der Waals surface area contributed by atoms with Crippen LogP contribution in [0, 0.1) is 11.7 Å². The van der Waals surface area contributed by atoms with Crippen LogP contribution < -0.4 is 0 Å². The lowest BCUT2D eigenvalue weighted by Crippen LogP contribution is -2.21. The van der Waals surface area contributed by atoms with Crippen LogP contribution in [0.2, 0.25) is 0 Å². The van der Waals surface area contributed by atoms with Crippen LogP contribution in [0.1, 0.15) is 37.7 Å². The molecule has 2 unspecified atom stereocenters. The van der Waals surface area contributed by atoms with Crippen LogP contribution >= 0.6 is 0 Å². The second-order valence-electron chi connectivity index (χ2n) is 4.68. The van der Waals surface area contributed by atoms with E-state index in [-0.39, 0.29) is 17.8 Å². The van der Waals surface area contributed by atoms with Gasteiger partial charge in [-0.15, -0.1) is 0 Å². The summed E-state index contributed by atoms with van der Waals surface area (Å²) < 4.78 is 13.0. The van der Waals surface area contributed by atoms with E-state index >= 15 is 0 Å². The van der Waals surface area contributed by atoms with Crippen molar-refractivity contribution in [3.63, 3.8) is 0 Å². The van der Waals surface area contributed by atoms with Crippen molar-refractivity contribution in [1.29, 1.82) is 0 Å². The summed E-state index contributed by atoms with van der Waals surface area (Å²) in [5.41, 5.74) is 0.894. The molecule has 2 atom stereocenters. The fourth-order valence-electron chi connectivity index (χ4n) is 2.47. The molecule has 3 heteroatoms. The van der Waals surface area contributed by atoms with E-state index in [9.17, 15) is 9.50 Å². The van der Waals surface area contributed by atoms with Crippen molar-refractivity contribution in [3.05, 3.63) is 29.8 Å². The lowest BCUT2D eigenvalue weighted by Gasteiger charge is -2.19. The van der Waals surface area contributed by atoms with E-state index in [0.717, 1.165) is 31.2 Å². The van der Waals surface area contributed by atoms with Crippen molar-refractivity contribution in [3.8, 4) is 0 Å². The van der Waals surface area contributed by atoms with Gasteiger partial charge in [0.15, 0.2) is 0 Å². The Hall–Kier alpha value is -0.960. The molecule has 1 heterocycles. The Morgan fingerprint density at radius 1 is 1.25 bits per heavy atom. The van der Waals surface area contributed by atoms with Crippen molar-refractivity contribution in [2.45, 2.75) is 44.6 Å². The lowest BCUT2D eigenvalue weighted by molar-refractivity contribution is 0.101. The summed E-state index contributed by atoms with van der Waals surface area (Å²) in [6, 6.07) is 1.52. The highest BCUT2D eigenvalue weighted by atomic mass is 19.1. The molecular formula is C13H18FNO. The first-order valence-electron chi connectivity index (χ1n) is 6.03. The predicted octanol–water partition coefficient (Wildman–Crippen LogP) is 2.70. The minimum atomic E-state index is -0.291. The zero-order valence-electron chi connectivity index (χ0n) is 9.40. The average Bonchev–Trinajstić information content (AvgIpc) is 2.45. The molecule has 1 aliphatic carbocycles. The maximum atomic E-state index is 13.0. The van der Waals surface area contributed by atoms with Gasteiger partial charge in [-0.2, -0.15) is 0 Å². The second kappa shape index (κ2) is 5.39. The second-order valence-corrected chi connectivity index (χ2v) is 4.68. The van der Waals surface area contributed by atoms with Gasteiger partial charge in [0, 0.05) is 6.20 Å². The summed E-state index contributed by atoms with van der Waals surface area (Å²) >= 11 is 0. The maximum absolute atomic E-state index is 13.0. The van der Waals surface area contributed by atoms with E-state index in [1.54, 1.807) is 6.20 Å². The molecule has 1 aromatic rings. The molecule has 1 fully saturated rings. The molecule has 16 heavy (non-hydrogen) atoms. The quantitative estimate of drug-likeness (QED) is 0.782. The van der Waals surface area contributed by atoms with Crippen LogP contribution in [0.25, 0.3) is 0 Å². The number of halogens is 1. The third-order valence-corrected chi connectivity index (χ3v) is 3.38. The van der Waals surface area contributed by atoms with Gasteiger partial charge in [-0.25, -0.2) is 4.39 Å². The standard InChI is InChI=1S/C13H18FNO/c14-12-7-10(8-15-9-12)6-11-4-2-1-3-5-13(11)16/h7-9,11,13,16H,1-6H2. The molecule has 1 aromatic heterocycles. The molecule has 1 aliphatic rings. The molecule has 0 aliphatic heterocycles. The number of pyridine rings is 1. The number of hydrogen-bond donors (Lipinski definition) is 1. The van der Waals surface area contributed by atoms with Crippen LogP contribution in [0.4, 0.5) is 4.39 Å². The third-order valence-electron chi connectivity index (χ3n) is 3.38. The zero-order chi connectivity index (χ0) is 11.4. The molecule has 2 nitrogen and oxygen atoms in total. The van der Waals surface area contributed by atoms with E-state index in [1.807, 2.05) is 0 Å². The number of aromatic nitrogens is 1. The summed E-state index contributed by atoms with van der Waals surface area (Å²) in [7, 11) is 0. The number of aliphatic hydroxyl groups excluding tert-OH is 1. The maximum Gasteiger partial charge on any atom is 0.141 e. The lowest BCUT2D eigenvalue weighted by atomic mass is 9.91. The molecule has 88 valence electrons. The highest BCUT2D eigenvalue weighted by Crippen LogP contribution is 2.26. The highest BCUT2D eigenvalue weighted by Gasteiger charge is 2.21. The molecule has 1 saturated carbocycles. The first-order chi connectivity index (χ1) is 7.75. The van der Waals surface area contributed by atoms with Crippen LogP contribution in [-0.2, 0) is 6.42 Å².